The second kappa shape index (κ2) is 13.3. The molecule has 8 unspecified atom stereocenters. The van der Waals surface area contributed by atoms with E-state index in [1.807, 2.05) is 6.08 Å². The number of carbonyl (C=O) groups is 1. The molecule has 8 atom stereocenters. The Hall–Kier alpha value is -1.70. The number of ether oxygens (including phenoxy) is 1. The molecule has 0 spiro atoms. The summed E-state index contributed by atoms with van der Waals surface area (Å²) in [5, 5.41) is 0. The van der Waals surface area contributed by atoms with Gasteiger partial charge in [0.25, 0.3) is 0 Å². The highest BCUT2D eigenvalue weighted by molar-refractivity contribution is 5.71. The van der Waals surface area contributed by atoms with Gasteiger partial charge in [-0.3, -0.25) is 4.79 Å². The van der Waals surface area contributed by atoms with Crippen LogP contribution < -0.4 is 0 Å². The van der Waals surface area contributed by atoms with Gasteiger partial charge in [0.2, 0.25) is 0 Å². The molecular formula is C35H47F13O2. The van der Waals surface area contributed by atoms with Crippen LogP contribution in [0.15, 0.2) is 11.6 Å². The molecule has 3 saturated carbocycles. The Bertz CT molecular complexity index is 1280. The molecule has 0 saturated heterocycles. The molecule has 50 heavy (non-hydrogen) atoms. The van der Waals surface area contributed by atoms with Crippen LogP contribution in [0.1, 0.15) is 112 Å². The Morgan fingerprint density at radius 2 is 1.38 bits per heavy atom. The zero-order chi connectivity index (χ0) is 38.1. The molecule has 2 nitrogen and oxygen atoms in total. The fourth-order valence-electron chi connectivity index (χ4n) is 10.1. The van der Waals surface area contributed by atoms with Gasteiger partial charge in [0, 0.05) is 6.42 Å². The van der Waals surface area contributed by atoms with E-state index in [2.05, 4.69) is 34.6 Å². The minimum atomic E-state index is -8.00. The number of hydrogen-bond acceptors (Lipinski definition) is 2. The number of halogens is 13. The molecule has 0 aromatic heterocycles. The van der Waals surface area contributed by atoms with E-state index in [1.165, 1.54) is 19.3 Å². The van der Waals surface area contributed by atoms with Crippen LogP contribution in [0.5, 0.6) is 0 Å². The third-order valence-electron chi connectivity index (χ3n) is 12.9. The summed E-state index contributed by atoms with van der Waals surface area (Å²) in [5.41, 5.74) is 0.743. The molecule has 15 heteroatoms. The van der Waals surface area contributed by atoms with Gasteiger partial charge in [0.05, 0.1) is 0 Å². The summed E-state index contributed by atoms with van der Waals surface area (Å²) in [6.07, 6.45) is -0.422. The summed E-state index contributed by atoms with van der Waals surface area (Å²) >= 11 is 0. The van der Waals surface area contributed by atoms with Crippen molar-refractivity contribution in [2.45, 2.75) is 154 Å². The molecule has 290 valence electrons. The van der Waals surface area contributed by atoms with Crippen LogP contribution in [-0.2, 0) is 9.53 Å². The fourth-order valence-corrected chi connectivity index (χ4v) is 10.1. The lowest BCUT2D eigenvalue weighted by molar-refractivity contribution is -0.439. The average molecular weight is 747 g/mol. The van der Waals surface area contributed by atoms with Crippen molar-refractivity contribution in [2.75, 3.05) is 0 Å². The lowest BCUT2D eigenvalue weighted by Crippen LogP contribution is -2.70. The van der Waals surface area contributed by atoms with Crippen molar-refractivity contribution in [1.29, 1.82) is 0 Å². The zero-order valence-corrected chi connectivity index (χ0v) is 28.8. The average Bonchev–Trinajstić information content (AvgIpc) is 3.33. The third kappa shape index (κ3) is 6.57. The van der Waals surface area contributed by atoms with Crippen LogP contribution in [0.3, 0.4) is 0 Å². The molecule has 0 radical (unpaired) electrons. The van der Waals surface area contributed by atoms with Crippen molar-refractivity contribution in [3.63, 3.8) is 0 Å². The topological polar surface area (TPSA) is 26.3 Å². The monoisotopic (exact) mass is 746 g/mol. The molecule has 0 N–H and O–H groups in total. The fraction of sp³-hybridized carbons (Fsp3) is 0.914. The molecule has 0 aromatic rings. The maximum absolute atomic E-state index is 14.3. The summed E-state index contributed by atoms with van der Waals surface area (Å²) in [6, 6.07) is 0. The van der Waals surface area contributed by atoms with E-state index in [0.717, 1.165) is 37.7 Å². The molecule has 0 bridgehead atoms. The number of esters is 1. The second-order valence-electron chi connectivity index (χ2n) is 16.3. The Labute approximate surface area is 284 Å². The van der Waals surface area contributed by atoms with Crippen molar-refractivity contribution in [3.05, 3.63) is 11.6 Å². The predicted octanol–water partition coefficient (Wildman–Crippen LogP) is 12.1. The summed E-state index contributed by atoms with van der Waals surface area (Å²) in [4.78, 5) is 12.3. The SMILES string of the molecule is CC(C)CCCC(C)C1CCC2C3CC=C4CC(OC(=O)CC(F)(F)C(F)(F)C(F)(F)C(F)(F)C(F)(F)C(F)(F)F)CCC4(C)C3CCC12C. The number of fused-ring (bicyclic) bond motifs is 5. The summed E-state index contributed by atoms with van der Waals surface area (Å²) < 4.78 is 180. The minimum absolute atomic E-state index is 0.0247. The van der Waals surface area contributed by atoms with Gasteiger partial charge in [0.1, 0.15) is 12.5 Å². The molecule has 3 fully saturated rings. The van der Waals surface area contributed by atoms with Gasteiger partial charge in [-0.05, 0) is 91.3 Å². The highest BCUT2D eigenvalue weighted by atomic mass is 19.4. The zero-order valence-electron chi connectivity index (χ0n) is 28.8. The normalized spacial score (nSPS) is 33.3. The van der Waals surface area contributed by atoms with Crippen LogP contribution in [0, 0.1) is 46.3 Å². The van der Waals surface area contributed by atoms with Crippen molar-refractivity contribution in [1.82, 2.24) is 0 Å². The van der Waals surface area contributed by atoms with Crippen molar-refractivity contribution in [3.8, 4) is 0 Å². The van der Waals surface area contributed by atoms with E-state index >= 15 is 0 Å². The number of allylic oxidation sites excluding steroid dienone is 1. The molecule has 0 heterocycles. The molecule has 0 amide bonds. The van der Waals surface area contributed by atoms with Crippen LogP contribution in [0.2, 0.25) is 0 Å². The second-order valence-corrected chi connectivity index (χ2v) is 16.3. The first-order valence-electron chi connectivity index (χ1n) is 17.4. The highest BCUT2D eigenvalue weighted by Gasteiger charge is 2.90. The molecule has 4 rings (SSSR count). The van der Waals surface area contributed by atoms with Crippen molar-refractivity contribution >= 4 is 5.97 Å². The summed E-state index contributed by atoms with van der Waals surface area (Å²) in [5.74, 6) is -36.9. The summed E-state index contributed by atoms with van der Waals surface area (Å²) in [7, 11) is 0. The van der Waals surface area contributed by atoms with Gasteiger partial charge in [0.15, 0.2) is 0 Å². The number of rotatable bonds is 12. The standard InChI is InChI=1S/C35H47F13O2/c1-19(2)7-6-8-20(3)24-11-12-25-23-10-9-21-17-22(13-15-28(21,4)26(23)14-16-29(24,25)5)50-27(49)18-30(36,37)31(38,39)32(40,41)33(42,43)34(44,45)35(46,47)48/h9,19-20,22-26H,6-8,10-18H2,1-5H3. The summed E-state index contributed by atoms with van der Waals surface area (Å²) in [6.45, 7) is 11.3. The Balaban J connectivity index is 1.42. The maximum atomic E-state index is 14.3. The predicted molar refractivity (Wildman–Crippen MR) is 158 cm³/mol. The number of hydrogen-bond donors (Lipinski definition) is 0. The Morgan fingerprint density at radius 3 is 1.96 bits per heavy atom. The van der Waals surface area contributed by atoms with Crippen LogP contribution >= 0.6 is 0 Å². The largest absolute Gasteiger partial charge is 0.462 e. The van der Waals surface area contributed by atoms with Gasteiger partial charge >= 0.3 is 41.8 Å². The van der Waals surface area contributed by atoms with Crippen LogP contribution in [0.25, 0.3) is 0 Å². The van der Waals surface area contributed by atoms with E-state index < -0.39 is 54.3 Å². The van der Waals surface area contributed by atoms with Gasteiger partial charge in [-0.15, -0.1) is 0 Å². The molecule has 4 aliphatic carbocycles. The van der Waals surface area contributed by atoms with E-state index in [-0.39, 0.29) is 29.6 Å². The molecule has 0 aromatic carbocycles. The first-order valence-corrected chi connectivity index (χ1v) is 17.4. The lowest BCUT2D eigenvalue weighted by atomic mass is 9.47. The van der Waals surface area contributed by atoms with E-state index in [1.54, 1.807) is 0 Å². The number of carbonyl (C=O) groups excluding carboxylic acids is 1. The molecular weight excluding hydrogens is 699 g/mol. The Kier molecular flexibility index (Phi) is 10.9. The maximum Gasteiger partial charge on any atom is 0.460 e. The van der Waals surface area contributed by atoms with Gasteiger partial charge < -0.3 is 4.74 Å². The van der Waals surface area contributed by atoms with E-state index in [0.29, 0.717) is 36.0 Å². The third-order valence-corrected chi connectivity index (χ3v) is 12.9. The highest BCUT2D eigenvalue weighted by Crippen LogP contribution is 2.68. The lowest BCUT2D eigenvalue weighted by Gasteiger charge is -2.58. The smallest absolute Gasteiger partial charge is 0.460 e. The van der Waals surface area contributed by atoms with E-state index in [9.17, 15) is 61.9 Å². The number of alkyl halides is 13. The molecule has 4 aliphatic rings. The minimum Gasteiger partial charge on any atom is -0.462 e. The van der Waals surface area contributed by atoms with Crippen molar-refractivity contribution in [2.24, 2.45) is 46.3 Å². The van der Waals surface area contributed by atoms with E-state index in [4.69, 9.17) is 4.74 Å². The van der Waals surface area contributed by atoms with Gasteiger partial charge in [-0.25, -0.2) is 0 Å². The quantitative estimate of drug-likeness (QED) is 0.113. The van der Waals surface area contributed by atoms with Crippen molar-refractivity contribution < 1.29 is 66.6 Å². The van der Waals surface area contributed by atoms with Crippen LogP contribution in [0.4, 0.5) is 57.1 Å². The molecule has 0 aliphatic heterocycles. The van der Waals surface area contributed by atoms with Gasteiger partial charge in [-0.2, -0.15) is 57.1 Å². The first kappa shape index (κ1) is 41.1. The van der Waals surface area contributed by atoms with Crippen LogP contribution in [-0.4, -0.2) is 47.9 Å². The van der Waals surface area contributed by atoms with Gasteiger partial charge in [-0.1, -0.05) is 65.5 Å². The first-order chi connectivity index (χ1) is 22.6. The Morgan fingerprint density at radius 1 is 0.780 bits per heavy atom.